The average molecular weight is 309 g/mol. The van der Waals surface area contributed by atoms with Crippen molar-refractivity contribution in [2.75, 3.05) is 18.4 Å². The van der Waals surface area contributed by atoms with Gasteiger partial charge in [0.25, 0.3) is 5.91 Å². The minimum absolute atomic E-state index is 0.0327. The number of nitrogens with one attached hydrogen (secondary N) is 1. The van der Waals surface area contributed by atoms with E-state index in [4.69, 9.17) is 0 Å². The van der Waals surface area contributed by atoms with Crippen LogP contribution in [-0.2, 0) is 4.79 Å². The molecule has 3 rings (SSSR count). The quantitative estimate of drug-likeness (QED) is 0.948. The first kappa shape index (κ1) is 15.2. The first-order chi connectivity index (χ1) is 11.2. The van der Waals surface area contributed by atoms with Crippen LogP contribution in [0.5, 0.6) is 0 Å². The summed E-state index contributed by atoms with van der Waals surface area (Å²) in [5.41, 5.74) is 1.21. The van der Waals surface area contributed by atoms with E-state index in [-0.39, 0.29) is 17.7 Å². The van der Waals surface area contributed by atoms with Crippen LogP contribution in [-0.4, -0.2) is 34.8 Å². The lowest BCUT2D eigenvalue weighted by atomic mass is 9.96. The second kappa shape index (κ2) is 7.05. The summed E-state index contributed by atoms with van der Waals surface area (Å²) < 4.78 is 0. The molecule has 1 N–H and O–H groups in total. The average Bonchev–Trinajstić information content (AvgIpc) is 2.63. The Morgan fingerprint density at radius 3 is 2.61 bits per heavy atom. The van der Waals surface area contributed by atoms with Crippen molar-refractivity contribution in [3.8, 4) is 0 Å². The van der Waals surface area contributed by atoms with Gasteiger partial charge in [0.1, 0.15) is 5.69 Å². The maximum absolute atomic E-state index is 12.5. The number of aromatic nitrogens is 1. The van der Waals surface area contributed by atoms with Crippen LogP contribution in [0.3, 0.4) is 0 Å². The number of para-hydroxylation sites is 1. The molecule has 5 heteroatoms. The van der Waals surface area contributed by atoms with Crippen molar-refractivity contribution in [2.45, 2.75) is 12.8 Å². The van der Waals surface area contributed by atoms with Gasteiger partial charge in [0, 0.05) is 25.0 Å². The Morgan fingerprint density at radius 2 is 1.87 bits per heavy atom. The molecule has 0 unspecified atom stereocenters. The summed E-state index contributed by atoms with van der Waals surface area (Å²) in [6.45, 7) is 1.11. The molecule has 1 aliphatic rings. The Labute approximate surface area is 135 Å². The van der Waals surface area contributed by atoms with Gasteiger partial charge in [-0.05, 0) is 37.1 Å². The Balaban J connectivity index is 1.64. The summed E-state index contributed by atoms with van der Waals surface area (Å²) in [5, 5.41) is 2.92. The molecule has 0 bridgehead atoms. The monoisotopic (exact) mass is 309 g/mol. The smallest absolute Gasteiger partial charge is 0.272 e. The second-order valence-corrected chi connectivity index (χ2v) is 5.66. The van der Waals surface area contributed by atoms with E-state index in [0.29, 0.717) is 18.8 Å². The fourth-order valence-corrected chi connectivity index (χ4v) is 2.79. The number of likely N-dealkylation sites (tertiary alicyclic amines) is 1. The molecule has 1 saturated heterocycles. The SMILES string of the molecule is O=C(Nc1ccccc1)[C@@H]1CCCN(C(=O)c2ccccn2)C1. The van der Waals surface area contributed by atoms with Crippen LogP contribution >= 0.6 is 0 Å². The van der Waals surface area contributed by atoms with Crippen LogP contribution in [0.1, 0.15) is 23.3 Å². The highest BCUT2D eigenvalue weighted by atomic mass is 16.2. The summed E-state index contributed by atoms with van der Waals surface area (Å²) >= 11 is 0. The van der Waals surface area contributed by atoms with Crippen molar-refractivity contribution in [1.29, 1.82) is 0 Å². The molecule has 2 heterocycles. The van der Waals surface area contributed by atoms with Gasteiger partial charge >= 0.3 is 0 Å². The van der Waals surface area contributed by atoms with Crippen molar-refractivity contribution in [3.63, 3.8) is 0 Å². The van der Waals surface area contributed by atoms with Crippen LogP contribution in [0.4, 0.5) is 5.69 Å². The third-order valence-electron chi connectivity index (χ3n) is 4.00. The summed E-state index contributed by atoms with van der Waals surface area (Å²) in [6, 6.07) is 14.7. The molecular formula is C18H19N3O2. The van der Waals surface area contributed by atoms with Crippen molar-refractivity contribution < 1.29 is 9.59 Å². The molecule has 1 aromatic carbocycles. The van der Waals surface area contributed by atoms with Gasteiger partial charge in [0.05, 0.1) is 5.92 Å². The molecule has 1 fully saturated rings. The number of carbonyl (C=O) groups excluding carboxylic acids is 2. The Bertz CT molecular complexity index is 673. The van der Waals surface area contributed by atoms with E-state index in [1.165, 1.54) is 0 Å². The lowest BCUT2D eigenvalue weighted by Gasteiger charge is -2.31. The summed E-state index contributed by atoms with van der Waals surface area (Å²) in [6.07, 6.45) is 3.23. The van der Waals surface area contributed by atoms with E-state index in [2.05, 4.69) is 10.3 Å². The van der Waals surface area contributed by atoms with Crippen LogP contribution in [0.2, 0.25) is 0 Å². The van der Waals surface area contributed by atoms with Gasteiger partial charge in [-0.15, -0.1) is 0 Å². The Hall–Kier alpha value is -2.69. The first-order valence-corrected chi connectivity index (χ1v) is 7.80. The highest BCUT2D eigenvalue weighted by Gasteiger charge is 2.29. The Kier molecular flexibility index (Phi) is 4.66. The molecule has 0 radical (unpaired) electrons. The minimum atomic E-state index is -0.184. The summed E-state index contributed by atoms with van der Waals surface area (Å²) in [4.78, 5) is 30.7. The molecule has 23 heavy (non-hydrogen) atoms. The van der Waals surface area contributed by atoms with E-state index in [9.17, 15) is 9.59 Å². The molecule has 2 amide bonds. The summed E-state index contributed by atoms with van der Waals surface area (Å²) in [7, 11) is 0. The minimum Gasteiger partial charge on any atom is -0.337 e. The van der Waals surface area contributed by atoms with Gasteiger partial charge in [0.15, 0.2) is 0 Å². The molecule has 0 aliphatic carbocycles. The number of rotatable bonds is 3. The number of anilines is 1. The van der Waals surface area contributed by atoms with E-state index >= 15 is 0 Å². The van der Waals surface area contributed by atoms with Gasteiger partial charge < -0.3 is 10.2 Å². The highest BCUT2D eigenvalue weighted by molar-refractivity contribution is 5.95. The molecule has 2 aromatic rings. The van der Waals surface area contributed by atoms with E-state index in [1.54, 1.807) is 29.3 Å². The molecule has 1 aliphatic heterocycles. The number of amides is 2. The fraction of sp³-hybridized carbons (Fsp3) is 0.278. The topological polar surface area (TPSA) is 62.3 Å². The predicted molar refractivity (Wildman–Crippen MR) is 87.9 cm³/mol. The molecular weight excluding hydrogens is 290 g/mol. The van der Waals surface area contributed by atoms with Crippen molar-refractivity contribution in [1.82, 2.24) is 9.88 Å². The van der Waals surface area contributed by atoms with Crippen LogP contribution in [0.15, 0.2) is 54.7 Å². The van der Waals surface area contributed by atoms with Gasteiger partial charge in [0.2, 0.25) is 5.91 Å². The number of benzene rings is 1. The number of hydrogen-bond acceptors (Lipinski definition) is 3. The maximum atomic E-state index is 12.5. The standard InChI is InChI=1S/C18H19N3O2/c22-17(20-15-8-2-1-3-9-15)14-7-6-12-21(13-14)18(23)16-10-4-5-11-19-16/h1-5,8-11,14H,6-7,12-13H2,(H,20,22)/t14-/m1/s1. The number of carbonyl (C=O) groups is 2. The third kappa shape index (κ3) is 3.74. The highest BCUT2D eigenvalue weighted by Crippen LogP contribution is 2.20. The van der Waals surface area contributed by atoms with Gasteiger partial charge in [-0.2, -0.15) is 0 Å². The molecule has 0 spiro atoms. The molecule has 0 saturated carbocycles. The van der Waals surface area contributed by atoms with Crippen LogP contribution in [0, 0.1) is 5.92 Å². The van der Waals surface area contributed by atoms with Gasteiger partial charge in [-0.1, -0.05) is 24.3 Å². The van der Waals surface area contributed by atoms with E-state index in [0.717, 1.165) is 18.5 Å². The number of hydrogen-bond donors (Lipinski definition) is 1. The van der Waals surface area contributed by atoms with Crippen LogP contribution < -0.4 is 5.32 Å². The van der Waals surface area contributed by atoms with Crippen molar-refractivity contribution in [2.24, 2.45) is 5.92 Å². The third-order valence-corrected chi connectivity index (χ3v) is 4.00. The van der Waals surface area contributed by atoms with Crippen molar-refractivity contribution in [3.05, 3.63) is 60.4 Å². The number of nitrogens with zero attached hydrogens (tertiary/aromatic N) is 2. The van der Waals surface area contributed by atoms with Gasteiger partial charge in [-0.3, -0.25) is 14.6 Å². The Morgan fingerprint density at radius 1 is 1.09 bits per heavy atom. The first-order valence-electron chi connectivity index (χ1n) is 7.80. The van der Waals surface area contributed by atoms with Crippen LogP contribution in [0.25, 0.3) is 0 Å². The zero-order chi connectivity index (χ0) is 16.1. The van der Waals surface area contributed by atoms with Gasteiger partial charge in [-0.25, -0.2) is 0 Å². The zero-order valence-corrected chi connectivity index (χ0v) is 12.8. The zero-order valence-electron chi connectivity index (χ0n) is 12.8. The molecule has 5 nitrogen and oxygen atoms in total. The molecule has 118 valence electrons. The number of pyridine rings is 1. The fourth-order valence-electron chi connectivity index (χ4n) is 2.79. The van der Waals surface area contributed by atoms with E-state index < -0.39 is 0 Å². The normalized spacial score (nSPS) is 17.6. The predicted octanol–water partition coefficient (Wildman–Crippen LogP) is 2.57. The van der Waals surface area contributed by atoms with Crippen molar-refractivity contribution >= 4 is 17.5 Å². The maximum Gasteiger partial charge on any atom is 0.272 e. The van der Waals surface area contributed by atoms with E-state index in [1.807, 2.05) is 30.3 Å². The number of piperidine rings is 1. The summed E-state index contributed by atoms with van der Waals surface area (Å²) in [5.74, 6) is -0.325. The molecule has 1 atom stereocenters. The molecule has 1 aromatic heterocycles. The lowest BCUT2D eigenvalue weighted by molar-refractivity contribution is -0.121. The largest absolute Gasteiger partial charge is 0.337 e. The second-order valence-electron chi connectivity index (χ2n) is 5.66. The lowest BCUT2D eigenvalue weighted by Crippen LogP contribution is -2.44.